The molecule has 2 aliphatic rings. The highest BCUT2D eigenvalue weighted by Crippen LogP contribution is 2.28. The van der Waals surface area contributed by atoms with Gasteiger partial charge in [-0.25, -0.2) is 9.97 Å². The molecular weight excluding hydrogens is 328 g/mol. The van der Waals surface area contributed by atoms with Crippen LogP contribution in [0.4, 0.5) is 11.6 Å². The Morgan fingerprint density at radius 1 is 1.31 bits per heavy atom. The predicted octanol–water partition coefficient (Wildman–Crippen LogP) is 1.51. The van der Waals surface area contributed by atoms with Gasteiger partial charge in [-0.05, 0) is 30.9 Å². The van der Waals surface area contributed by atoms with Crippen LogP contribution in [0.2, 0.25) is 0 Å². The number of hydrogen-bond acceptors (Lipinski definition) is 5. The molecule has 1 aliphatic carbocycles. The molecule has 3 heterocycles. The Balaban J connectivity index is 1.57. The Hall–Kier alpha value is -2.57. The zero-order valence-electron chi connectivity index (χ0n) is 15.4. The van der Waals surface area contributed by atoms with Crippen molar-refractivity contribution in [3.8, 4) is 0 Å². The molecule has 1 saturated carbocycles. The Morgan fingerprint density at radius 2 is 2.15 bits per heavy atom. The lowest BCUT2D eigenvalue weighted by Gasteiger charge is -2.25. The average molecular weight is 354 g/mol. The largest absolute Gasteiger partial charge is 0.363 e. The van der Waals surface area contributed by atoms with Gasteiger partial charge in [0.05, 0.1) is 12.5 Å². The van der Waals surface area contributed by atoms with Gasteiger partial charge in [-0.15, -0.1) is 0 Å². The first-order chi connectivity index (χ1) is 12.6. The van der Waals surface area contributed by atoms with Crippen molar-refractivity contribution in [3.63, 3.8) is 0 Å². The Bertz CT molecular complexity index is 782. The molecule has 1 N–H and O–H groups in total. The summed E-state index contributed by atoms with van der Waals surface area (Å²) in [5.74, 6) is 2.46. The number of carbonyl (C=O) groups is 1. The minimum atomic E-state index is -0.0971. The van der Waals surface area contributed by atoms with E-state index in [4.69, 9.17) is 0 Å². The SMILES string of the molecule is CN(C)c1cc(N2Cc3cccn3CC(C(=O)NCC3CC3)C2)ncn1. The van der Waals surface area contributed by atoms with E-state index >= 15 is 0 Å². The lowest BCUT2D eigenvalue weighted by Crippen LogP contribution is -2.40. The van der Waals surface area contributed by atoms with Crippen molar-refractivity contribution in [2.75, 3.05) is 37.0 Å². The summed E-state index contributed by atoms with van der Waals surface area (Å²) >= 11 is 0. The van der Waals surface area contributed by atoms with Gasteiger partial charge in [-0.2, -0.15) is 0 Å². The third-order valence-corrected chi connectivity index (χ3v) is 5.19. The average Bonchev–Trinajstić information content (AvgIpc) is 3.41. The van der Waals surface area contributed by atoms with Crippen LogP contribution in [0, 0.1) is 11.8 Å². The van der Waals surface area contributed by atoms with Crippen LogP contribution in [0.3, 0.4) is 0 Å². The normalized spacial score (nSPS) is 19.6. The molecule has 1 unspecified atom stereocenters. The molecule has 138 valence electrons. The van der Waals surface area contributed by atoms with E-state index in [9.17, 15) is 4.79 Å². The molecule has 0 saturated heterocycles. The first-order valence-electron chi connectivity index (χ1n) is 9.26. The molecule has 1 atom stereocenters. The first kappa shape index (κ1) is 16.9. The molecule has 0 aromatic carbocycles. The topological polar surface area (TPSA) is 66.3 Å². The van der Waals surface area contributed by atoms with E-state index in [1.807, 2.05) is 31.1 Å². The number of rotatable bonds is 5. The van der Waals surface area contributed by atoms with Crippen LogP contribution in [-0.4, -0.2) is 47.6 Å². The molecule has 0 spiro atoms. The molecule has 2 aromatic heterocycles. The minimum Gasteiger partial charge on any atom is -0.363 e. The van der Waals surface area contributed by atoms with E-state index in [2.05, 4.69) is 37.0 Å². The molecule has 1 aliphatic heterocycles. The van der Waals surface area contributed by atoms with E-state index in [-0.39, 0.29) is 11.8 Å². The van der Waals surface area contributed by atoms with Crippen LogP contribution >= 0.6 is 0 Å². The Labute approximate surface area is 154 Å². The molecule has 1 fully saturated rings. The molecule has 0 radical (unpaired) electrons. The van der Waals surface area contributed by atoms with Crippen LogP contribution in [0.5, 0.6) is 0 Å². The number of aromatic nitrogens is 3. The highest BCUT2D eigenvalue weighted by molar-refractivity contribution is 5.79. The molecule has 7 nitrogen and oxygen atoms in total. The number of fused-ring (bicyclic) bond motifs is 1. The van der Waals surface area contributed by atoms with Gasteiger partial charge < -0.3 is 19.7 Å². The predicted molar refractivity (Wildman–Crippen MR) is 101 cm³/mol. The van der Waals surface area contributed by atoms with Crippen molar-refractivity contribution < 1.29 is 4.79 Å². The van der Waals surface area contributed by atoms with Crippen molar-refractivity contribution in [3.05, 3.63) is 36.4 Å². The third-order valence-electron chi connectivity index (χ3n) is 5.19. The first-order valence-corrected chi connectivity index (χ1v) is 9.26. The lowest BCUT2D eigenvalue weighted by atomic mass is 10.1. The molecule has 26 heavy (non-hydrogen) atoms. The highest BCUT2D eigenvalue weighted by atomic mass is 16.1. The van der Waals surface area contributed by atoms with E-state index in [1.165, 1.54) is 18.5 Å². The maximum Gasteiger partial charge on any atom is 0.226 e. The van der Waals surface area contributed by atoms with Crippen LogP contribution < -0.4 is 15.1 Å². The molecular formula is C19H26N6O. The fraction of sp³-hybridized carbons (Fsp3) is 0.526. The zero-order valence-corrected chi connectivity index (χ0v) is 15.4. The molecule has 4 rings (SSSR count). The van der Waals surface area contributed by atoms with Crippen molar-refractivity contribution in [1.82, 2.24) is 19.9 Å². The molecule has 1 amide bonds. The summed E-state index contributed by atoms with van der Waals surface area (Å²) in [6, 6.07) is 6.15. The minimum absolute atomic E-state index is 0.0971. The van der Waals surface area contributed by atoms with Crippen molar-refractivity contribution in [2.24, 2.45) is 11.8 Å². The molecule has 2 aromatic rings. The fourth-order valence-electron chi connectivity index (χ4n) is 3.40. The number of carbonyl (C=O) groups excluding carboxylic acids is 1. The maximum absolute atomic E-state index is 12.8. The monoisotopic (exact) mass is 354 g/mol. The van der Waals surface area contributed by atoms with E-state index in [0.29, 0.717) is 19.0 Å². The van der Waals surface area contributed by atoms with E-state index in [1.54, 1.807) is 6.33 Å². The van der Waals surface area contributed by atoms with Crippen LogP contribution in [0.1, 0.15) is 18.5 Å². The van der Waals surface area contributed by atoms with Crippen molar-refractivity contribution >= 4 is 17.5 Å². The second-order valence-corrected chi connectivity index (χ2v) is 7.55. The zero-order chi connectivity index (χ0) is 18.1. The maximum atomic E-state index is 12.8. The third kappa shape index (κ3) is 3.66. The molecule has 0 bridgehead atoms. The second-order valence-electron chi connectivity index (χ2n) is 7.55. The van der Waals surface area contributed by atoms with Crippen LogP contribution in [0.15, 0.2) is 30.7 Å². The number of hydrogen-bond donors (Lipinski definition) is 1. The van der Waals surface area contributed by atoms with E-state index < -0.39 is 0 Å². The summed E-state index contributed by atoms with van der Waals surface area (Å²) in [5.41, 5.74) is 1.20. The fourth-order valence-corrected chi connectivity index (χ4v) is 3.40. The summed E-state index contributed by atoms with van der Waals surface area (Å²) in [6.45, 7) is 2.92. The van der Waals surface area contributed by atoms with Crippen LogP contribution in [-0.2, 0) is 17.9 Å². The molecule has 7 heteroatoms. The summed E-state index contributed by atoms with van der Waals surface area (Å²) < 4.78 is 2.19. The van der Waals surface area contributed by atoms with Gasteiger partial charge >= 0.3 is 0 Å². The number of anilines is 2. The quantitative estimate of drug-likeness (QED) is 0.882. The van der Waals surface area contributed by atoms with Gasteiger partial charge in [0.2, 0.25) is 5.91 Å². The van der Waals surface area contributed by atoms with Gasteiger partial charge in [0.25, 0.3) is 0 Å². The van der Waals surface area contributed by atoms with Crippen LogP contribution in [0.25, 0.3) is 0 Å². The number of amides is 1. The smallest absolute Gasteiger partial charge is 0.226 e. The lowest BCUT2D eigenvalue weighted by molar-refractivity contribution is -0.125. The Morgan fingerprint density at radius 3 is 2.92 bits per heavy atom. The highest BCUT2D eigenvalue weighted by Gasteiger charge is 2.29. The summed E-state index contributed by atoms with van der Waals surface area (Å²) in [4.78, 5) is 25.7. The van der Waals surface area contributed by atoms with Gasteiger partial charge in [-0.1, -0.05) is 0 Å². The summed E-state index contributed by atoms with van der Waals surface area (Å²) in [6.07, 6.45) is 6.14. The summed E-state index contributed by atoms with van der Waals surface area (Å²) in [7, 11) is 3.93. The van der Waals surface area contributed by atoms with E-state index in [0.717, 1.165) is 24.7 Å². The van der Waals surface area contributed by atoms with Gasteiger partial charge in [-0.3, -0.25) is 4.79 Å². The van der Waals surface area contributed by atoms with Gasteiger partial charge in [0.15, 0.2) is 0 Å². The standard InChI is InChI=1S/C19H26N6O/c1-23(2)17-8-18(22-13-21-17)25-11-15(19(26)20-9-14-5-6-14)10-24-7-3-4-16(24)12-25/h3-4,7-8,13-15H,5-6,9-12H2,1-2H3,(H,20,26). The second kappa shape index (κ2) is 6.97. The van der Waals surface area contributed by atoms with Gasteiger partial charge in [0, 0.05) is 51.7 Å². The van der Waals surface area contributed by atoms with Crippen molar-refractivity contribution in [1.29, 1.82) is 0 Å². The number of nitrogens with one attached hydrogen (secondary N) is 1. The van der Waals surface area contributed by atoms with Crippen molar-refractivity contribution in [2.45, 2.75) is 25.9 Å². The number of nitrogens with zero attached hydrogens (tertiary/aromatic N) is 5. The summed E-state index contributed by atoms with van der Waals surface area (Å²) in [5, 5.41) is 3.15. The van der Waals surface area contributed by atoms with Gasteiger partial charge in [0.1, 0.15) is 18.0 Å². The Kier molecular flexibility index (Phi) is 4.53.